The van der Waals surface area contributed by atoms with Gasteiger partial charge in [-0.3, -0.25) is 0 Å². The standard InChI is InChI=1S/C18H23NO2P/c1-3-19-22(15-18(20)21-4-2,16-11-7-5-8-12-16)17-13-9-6-10-14-17/h5-14,19H,3-4,15H2,1-2H3/q+1. The van der Waals surface area contributed by atoms with Crippen LogP contribution in [0.5, 0.6) is 0 Å². The van der Waals surface area contributed by atoms with Crippen molar-refractivity contribution in [1.29, 1.82) is 0 Å². The van der Waals surface area contributed by atoms with Gasteiger partial charge in [0.15, 0.2) is 13.6 Å². The molecule has 2 aromatic carbocycles. The highest BCUT2D eigenvalue weighted by Crippen LogP contribution is 2.51. The summed E-state index contributed by atoms with van der Waals surface area (Å²) in [4.78, 5) is 12.2. The zero-order valence-electron chi connectivity index (χ0n) is 13.2. The van der Waals surface area contributed by atoms with Crippen LogP contribution < -0.4 is 15.7 Å². The Kier molecular flexibility index (Phi) is 6.11. The van der Waals surface area contributed by atoms with E-state index in [1.165, 1.54) is 10.6 Å². The lowest BCUT2D eigenvalue weighted by Gasteiger charge is -2.26. The fraction of sp³-hybridized carbons (Fsp3) is 0.278. The van der Waals surface area contributed by atoms with E-state index < -0.39 is 7.41 Å². The Bertz CT molecular complexity index is 547. The molecular formula is C18H23NO2P+. The maximum atomic E-state index is 12.2. The van der Waals surface area contributed by atoms with Crippen LogP contribution >= 0.6 is 7.41 Å². The molecule has 0 aliphatic heterocycles. The van der Waals surface area contributed by atoms with E-state index in [4.69, 9.17) is 4.74 Å². The van der Waals surface area contributed by atoms with Crippen LogP contribution in [0.2, 0.25) is 0 Å². The summed E-state index contributed by atoms with van der Waals surface area (Å²) >= 11 is 0. The van der Waals surface area contributed by atoms with Crippen molar-refractivity contribution in [1.82, 2.24) is 5.09 Å². The zero-order valence-corrected chi connectivity index (χ0v) is 14.1. The number of esters is 1. The average molecular weight is 316 g/mol. The van der Waals surface area contributed by atoms with E-state index in [0.717, 1.165) is 6.54 Å². The van der Waals surface area contributed by atoms with Gasteiger partial charge in [0.25, 0.3) is 0 Å². The lowest BCUT2D eigenvalue weighted by atomic mass is 10.4. The molecule has 0 bridgehead atoms. The van der Waals surface area contributed by atoms with Crippen LogP contribution in [0.1, 0.15) is 13.8 Å². The lowest BCUT2D eigenvalue weighted by Crippen LogP contribution is -2.38. The molecule has 22 heavy (non-hydrogen) atoms. The maximum Gasteiger partial charge on any atom is 0.346 e. The van der Waals surface area contributed by atoms with Gasteiger partial charge in [-0.15, -0.1) is 0 Å². The summed E-state index contributed by atoms with van der Waals surface area (Å²) in [7, 11) is -2.01. The first-order valence-corrected chi connectivity index (χ1v) is 9.60. The fourth-order valence-electron chi connectivity index (χ4n) is 2.61. The largest absolute Gasteiger partial charge is 0.463 e. The third kappa shape index (κ3) is 3.73. The number of benzene rings is 2. The van der Waals surface area contributed by atoms with Gasteiger partial charge in [0, 0.05) is 6.54 Å². The SMILES string of the molecule is CCN[P+](CC(=O)OCC)(c1ccccc1)c1ccccc1. The van der Waals surface area contributed by atoms with Crippen LogP contribution in [0.15, 0.2) is 60.7 Å². The van der Waals surface area contributed by atoms with Crippen molar-refractivity contribution >= 4 is 24.0 Å². The molecule has 1 N–H and O–H groups in total. The Morgan fingerprint density at radius 3 is 1.86 bits per heavy atom. The summed E-state index contributed by atoms with van der Waals surface area (Å²) < 4.78 is 5.24. The monoisotopic (exact) mass is 316 g/mol. The van der Waals surface area contributed by atoms with Crippen molar-refractivity contribution in [3.8, 4) is 0 Å². The van der Waals surface area contributed by atoms with Crippen LogP contribution in [0, 0.1) is 0 Å². The molecule has 0 aliphatic rings. The summed E-state index contributed by atoms with van der Waals surface area (Å²) in [5.74, 6) is -0.149. The molecule has 0 spiro atoms. The van der Waals surface area contributed by atoms with E-state index in [2.05, 4.69) is 36.3 Å². The Morgan fingerprint density at radius 1 is 0.955 bits per heavy atom. The average Bonchev–Trinajstić information content (AvgIpc) is 2.56. The van der Waals surface area contributed by atoms with Gasteiger partial charge in [-0.25, -0.2) is 4.79 Å². The van der Waals surface area contributed by atoms with Gasteiger partial charge in [0.05, 0.1) is 6.61 Å². The first-order valence-electron chi connectivity index (χ1n) is 7.63. The molecule has 0 heterocycles. The van der Waals surface area contributed by atoms with Gasteiger partial charge in [-0.1, -0.05) is 36.4 Å². The zero-order chi connectivity index (χ0) is 15.8. The van der Waals surface area contributed by atoms with E-state index >= 15 is 0 Å². The minimum absolute atomic E-state index is 0.149. The molecule has 0 saturated carbocycles. The number of hydrogen-bond acceptors (Lipinski definition) is 3. The van der Waals surface area contributed by atoms with E-state index in [1.807, 2.05) is 43.3 Å². The molecule has 0 amide bonds. The Balaban J connectivity index is 2.52. The topological polar surface area (TPSA) is 38.3 Å². The number of carbonyl (C=O) groups excluding carboxylic acids is 1. The molecular weight excluding hydrogens is 293 g/mol. The molecule has 0 atom stereocenters. The van der Waals surface area contributed by atoms with Crippen molar-refractivity contribution in [3.63, 3.8) is 0 Å². The van der Waals surface area contributed by atoms with Crippen molar-refractivity contribution in [3.05, 3.63) is 60.7 Å². The van der Waals surface area contributed by atoms with Crippen LogP contribution in [-0.2, 0) is 9.53 Å². The van der Waals surface area contributed by atoms with Crippen LogP contribution in [0.4, 0.5) is 0 Å². The summed E-state index contributed by atoms with van der Waals surface area (Å²) in [6.45, 7) is 5.13. The molecule has 0 aromatic heterocycles. The molecule has 116 valence electrons. The van der Waals surface area contributed by atoms with Crippen LogP contribution in [0.3, 0.4) is 0 Å². The normalized spacial score (nSPS) is 11.2. The smallest absolute Gasteiger partial charge is 0.346 e. The van der Waals surface area contributed by atoms with Gasteiger partial charge >= 0.3 is 5.97 Å². The highest BCUT2D eigenvalue weighted by molar-refractivity contribution is 7.88. The second-order valence-corrected chi connectivity index (χ2v) is 8.24. The lowest BCUT2D eigenvalue weighted by molar-refractivity contribution is -0.139. The summed E-state index contributed by atoms with van der Waals surface area (Å²) in [6, 6.07) is 20.5. The van der Waals surface area contributed by atoms with E-state index in [1.54, 1.807) is 0 Å². The van der Waals surface area contributed by atoms with Gasteiger partial charge in [-0.2, -0.15) is 5.09 Å². The molecule has 2 aromatic rings. The molecule has 4 heteroatoms. The van der Waals surface area contributed by atoms with E-state index in [0.29, 0.717) is 12.8 Å². The van der Waals surface area contributed by atoms with Crippen molar-refractivity contribution < 1.29 is 9.53 Å². The molecule has 2 rings (SSSR count). The summed E-state index contributed by atoms with van der Waals surface area (Å²) in [6.07, 6.45) is 0.378. The van der Waals surface area contributed by atoms with Crippen molar-refractivity contribution in [2.75, 3.05) is 19.3 Å². The number of hydrogen-bond donors (Lipinski definition) is 1. The van der Waals surface area contributed by atoms with Gasteiger partial charge in [-0.05, 0) is 38.1 Å². The van der Waals surface area contributed by atoms with E-state index in [-0.39, 0.29) is 5.97 Å². The molecule has 0 fully saturated rings. The number of carbonyl (C=O) groups is 1. The Labute approximate surface area is 133 Å². The first kappa shape index (κ1) is 16.7. The second-order valence-electron chi connectivity index (χ2n) is 4.96. The van der Waals surface area contributed by atoms with Crippen molar-refractivity contribution in [2.45, 2.75) is 13.8 Å². The second kappa shape index (κ2) is 8.07. The Morgan fingerprint density at radius 2 is 1.45 bits per heavy atom. The molecule has 0 radical (unpaired) electrons. The first-order chi connectivity index (χ1) is 10.7. The van der Waals surface area contributed by atoms with Gasteiger partial charge in [0.2, 0.25) is 0 Å². The summed E-state index contributed by atoms with van der Waals surface area (Å²) in [5, 5.41) is 5.98. The predicted octanol–water partition coefficient (Wildman–Crippen LogP) is 2.74. The third-order valence-corrected chi connectivity index (χ3v) is 7.44. The molecule has 0 unspecified atom stereocenters. The van der Waals surface area contributed by atoms with Crippen LogP contribution in [-0.4, -0.2) is 25.3 Å². The third-order valence-electron chi connectivity index (χ3n) is 3.49. The molecule has 0 aliphatic carbocycles. The number of rotatable bonds is 7. The minimum atomic E-state index is -2.01. The molecule has 3 nitrogen and oxygen atoms in total. The fourth-order valence-corrected chi connectivity index (χ4v) is 6.13. The predicted molar refractivity (Wildman–Crippen MR) is 94.2 cm³/mol. The van der Waals surface area contributed by atoms with Gasteiger partial charge < -0.3 is 4.74 Å². The van der Waals surface area contributed by atoms with Gasteiger partial charge in [0.1, 0.15) is 10.6 Å². The molecule has 0 saturated heterocycles. The van der Waals surface area contributed by atoms with Crippen LogP contribution in [0.25, 0.3) is 0 Å². The van der Waals surface area contributed by atoms with Crippen molar-refractivity contribution in [2.24, 2.45) is 0 Å². The Hall–Kier alpha value is -1.70. The maximum absolute atomic E-state index is 12.2. The quantitative estimate of drug-likeness (QED) is 0.630. The minimum Gasteiger partial charge on any atom is -0.463 e. The summed E-state index contributed by atoms with van der Waals surface area (Å²) in [5.41, 5.74) is 0. The highest BCUT2D eigenvalue weighted by Gasteiger charge is 2.45. The highest BCUT2D eigenvalue weighted by atomic mass is 31.2. The number of nitrogens with one attached hydrogen (secondary N) is 1. The van der Waals surface area contributed by atoms with E-state index in [9.17, 15) is 4.79 Å². The number of ether oxygens (including phenoxy) is 1.